The molecule has 1 aliphatic rings. The van der Waals surface area contributed by atoms with E-state index >= 15 is 0 Å². The smallest absolute Gasteiger partial charge is 0.244 e. The van der Waals surface area contributed by atoms with Crippen molar-refractivity contribution < 1.29 is 9.59 Å². The molecule has 3 rings (SSSR count). The number of para-hydroxylation sites is 1. The maximum Gasteiger partial charge on any atom is 0.244 e. The minimum absolute atomic E-state index is 0.0162. The third-order valence-corrected chi connectivity index (χ3v) is 6.05. The number of hydrogen-bond donors (Lipinski definition) is 1. The number of nitrogens with one attached hydrogen (secondary N) is 1. The zero-order valence-corrected chi connectivity index (χ0v) is 17.7. The number of thiazole rings is 1. The van der Waals surface area contributed by atoms with E-state index in [9.17, 15) is 9.59 Å². The summed E-state index contributed by atoms with van der Waals surface area (Å²) in [5.74, 6) is -0.259. The van der Waals surface area contributed by atoms with E-state index in [-0.39, 0.29) is 24.3 Å². The molecule has 2 aromatic rings. The molecule has 2 heterocycles. The first-order valence-corrected chi connectivity index (χ1v) is 10.6. The number of rotatable bonds is 6. The molecule has 28 heavy (non-hydrogen) atoms. The van der Waals surface area contributed by atoms with E-state index in [0.717, 1.165) is 43.2 Å². The predicted octanol–water partition coefficient (Wildman–Crippen LogP) is 3.41. The molecular formula is C20H25ClN4O2S. The van der Waals surface area contributed by atoms with Gasteiger partial charge in [0.15, 0.2) is 0 Å². The van der Waals surface area contributed by atoms with E-state index in [1.165, 1.54) is 4.90 Å². The second-order valence-corrected chi connectivity index (χ2v) is 8.60. The first kappa shape index (κ1) is 20.8. The largest absolute Gasteiger partial charge is 0.336 e. The first-order valence-electron chi connectivity index (χ1n) is 9.35. The molecule has 1 aromatic heterocycles. The maximum absolute atomic E-state index is 12.7. The van der Waals surface area contributed by atoms with Gasteiger partial charge in [-0.05, 0) is 45.0 Å². The Kier molecular flexibility index (Phi) is 7.04. The Hall–Kier alpha value is -1.96. The van der Waals surface area contributed by atoms with Crippen molar-refractivity contribution in [2.75, 3.05) is 32.0 Å². The molecule has 0 aliphatic carbocycles. The summed E-state index contributed by atoms with van der Waals surface area (Å²) in [6, 6.07) is 7.06. The standard InChI is InChI=1S/C20H25ClN4O2S/c1-14-22-16(13-28-14)11-25-9-7-15(8-10-25)20(27)24(2)12-19(26)23-18-6-4-3-5-17(18)21/h3-6,13,15H,7-12H2,1-2H3,(H,23,26). The fraction of sp³-hybridized carbons (Fsp3) is 0.450. The summed E-state index contributed by atoms with van der Waals surface area (Å²) >= 11 is 7.72. The highest BCUT2D eigenvalue weighted by Gasteiger charge is 2.28. The van der Waals surface area contributed by atoms with E-state index in [1.54, 1.807) is 42.6 Å². The third kappa shape index (κ3) is 5.53. The quantitative estimate of drug-likeness (QED) is 0.777. The maximum atomic E-state index is 12.7. The number of aryl methyl sites for hydroxylation is 1. The van der Waals surface area contributed by atoms with E-state index in [2.05, 4.69) is 20.6 Å². The molecule has 150 valence electrons. The number of nitrogens with zero attached hydrogens (tertiary/aromatic N) is 3. The Bertz CT molecular complexity index is 833. The molecule has 0 unspecified atom stereocenters. The number of hydrogen-bond acceptors (Lipinski definition) is 5. The number of benzene rings is 1. The van der Waals surface area contributed by atoms with Crippen LogP contribution in [0.5, 0.6) is 0 Å². The number of anilines is 1. The molecule has 1 saturated heterocycles. The zero-order valence-electron chi connectivity index (χ0n) is 16.2. The van der Waals surface area contributed by atoms with Crippen molar-refractivity contribution in [3.05, 3.63) is 45.4 Å². The number of amides is 2. The van der Waals surface area contributed by atoms with Crippen LogP contribution in [0.25, 0.3) is 0 Å². The van der Waals surface area contributed by atoms with Gasteiger partial charge in [0.25, 0.3) is 0 Å². The fourth-order valence-electron chi connectivity index (χ4n) is 3.41. The number of aromatic nitrogens is 1. The topological polar surface area (TPSA) is 65.5 Å². The average Bonchev–Trinajstić information content (AvgIpc) is 3.08. The Morgan fingerprint density at radius 3 is 2.68 bits per heavy atom. The molecule has 1 fully saturated rings. The summed E-state index contributed by atoms with van der Waals surface area (Å²) in [6.07, 6.45) is 1.61. The molecule has 0 spiro atoms. The summed E-state index contributed by atoms with van der Waals surface area (Å²) in [6.45, 7) is 4.60. The molecule has 2 amide bonds. The fourth-order valence-corrected chi connectivity index (χ4v) is 4.19. The van der Waals surface area contributed by atoms with Crippen LogP contribution in [0.2, 0.25) is 5.02 Å². The lowest BCUT2D eigenvalue weighted by molar-refractivity contribution is -0.138. The SMILES string of the molecule is Cc1nc(CN2CCC(C(=O)N(C)CC(=O)Nc3ccccc3Cl)CC2)cs1. The van der Waals surface area contributed by atoms with Crippen molar-refractivity contribution in [3.8, 4) is 0 Å². The van der Waals surface area contributed by atoms with Crippen molar-refractivity contribution in [1.82, 2.24) is 14.8 Å². The molecule has 0 saturated carbocycles. The summed E-state index contributed by atoms with van der Waals surface area (Å²) in [5.41, 5.74) is 1.65. The van der Waals surface area contributed by atoms with Gasteiger partial charge in [-0.3, -0.25) is 14.5 Å². The second-order valence-electron chi connectivity index (χ2n) is 7.13. The molecule has 1 aromatic carbocycles. The van der Waals surface area contributed by atoms with Crippen molar-refractivity contribution in [2.24, 2.45) is 5.92 Å². The normalized spacial score (nSPS) is 15.4. The third-order valence-electron chi connectivity index (χ3n) is 4.89. The Morgan fingerprint density at radius 2 is 2.04 bits per heavy atom. The highest BCUT2D eigenvalue weighted by molar-refractivity contribution is 7.09. The zero-order chi connectivity index (χ0) is 20.1. The van der Waals surface area contributed by atoms with Gasteiger partial charge in [0.1, 0.15) is 0 Å². The number of carbonyl (C=O) groups is 2. The van der Waals surface area contributed by atoms with Crippen LogP contribution in [-0.2, 0) is 16.1 Å². The van der Waals surface area contributed by atoms with E-state index in [4.69, 9.17) is 11.6 Å². The summed E-state index contributed by atoms with van der Waals surface area (Å²) in [5, 5.41) is 6.41. The van der Waals surface area contributed by atoms with Crippen molar-refractivity contribution >= 4 is 40.4 Å². The van der Waals surface area contributed by atoms with Crippen molar-refractivity contribution in [3.63, 3.8) is 0 Å². The lowest BCUT2D eigenvalue weighted by Crippen LogP contribution is -2.43. The lowest BCUT2D eigenvalue weighted by Gasteiger charge is -2.32. The Balaban J connectivity index is 1.45. The minimum atomic E-state index is -0.250. The van der Waals surface area contributed by atoms with Crippen molar-refractivity contribution in [1.29, 1.82) is 0 Å². The van der Waals surface area contributed by atoms with E-state index in [1.807, 2.05) is 6.92 Å². The van der Waals surface area contributed by atoms with Crippen LogP contribution in [0.3, 0.4) is 0 Å². The molecule has 1 N–H and O–H groups in total. The summed E-state index contributed by atoms with van der Waals surface area (Å²) in [7, 11) is 1.68. The van der Waals surface area contributed by atoms with Gasteiger partial charge in [-0.15, -0.1) is 11.3 Å². The number of likely N-dealkylation sites (N-methyl/N-ethyl adjacent to an activating group) is 1. The predicted molar refractivity (Wildman–Crippen MR) is 113 cm³/mol. The number of carbonyl (C=O) groups excluding carboxylic acids is 2. The van der Waals surface area contributed by atoms with Crippen LogP contribution < -0.4 is 5.32 Å². The molecule has 0 atom stereocenters. The van der Waals surface area contributed by atoms with Gasteiger partial charge in [0, 0.05) is 24.9 Å². The number of likely N-dealkylation sites (tertiary alicyclic amines) is 1. The number of piperidine rings is 1. The number of halogens is 1. The van der Waals surface area contributed by atoms with Crippen LogP contribution >= 0.6 is 22.9 Å². The van der Waals surface area contributed by atoms with Gasteiger partial charge in [-0.25, -0.2) is 4.98 Å². The van der Waals surface area contributed by atoms with Crippen LogP contribution in [0.4, 0.5) is 5.69 Å². The van der Waals surface area contributed by atoms with Crippen LogP contribution in [0.1, 0.15) is 23.5 Å². The van der Waals surface area contributed by atoms with Gasteiger partial charge in [-0.2, -0.15) is 0 Å². The second kappa shape index (κ2) is 9.49. The summed E-state index contributed by atoms with van der Waals surface area (Å²) in [4.78, 5) is 33.3. The van der Waals surface area contributed by atoms with Gasteiger partial charge in [0.2, 0.25) is 11.8 Å². The van der Waals surface area contributed by atoms with Gasteiger partial charge >= 0.3 is 0 Å². The molecular weight excluding hydrogens is 396 g/mol. The average molecular weight is 421 g/mol. The van der Waals surface area contributed by atoms with Crippen LogP contribution in [0.15, 0.2) is 29.6 Å². The van der Waals surface area contributed by atoms with Crippen molar-refractivity contribution in [2.45, 2.75) is 26.3 Å². The minimum Gasteiger partial charge on any atom is -0.336 e. The highest BCUT2D eigenvalue weighted by Crippen LogP contribution is 2.22. The Morgan fingerprint density at radius 1 is 1.32 bits per heavy atom. The monoisotopic (exact) mass is 420 g/mol. The lowest BCUT2D eigenvalue weighted by atomic mass is 9.95. The van der Waals surface area contributed by atoms with E-state index in [0.29, 0.717) is 10.7 Å². The molecule has 0 bridgehead atoms. The molecule has 1 aliphatic heterocycles. The molecule has 0 radical (unpaired) electrons. The van der Waals surface area contributed by atoms with Gasteiger partial charge in [-0.1, -0.05) is 23.7 Å². The highest BCUT2D eigenvalue weighted by atomic mass is 35.5. The first-order chi connectivity index (χ1) is 13.4. The molecule has 6 nitrogen and oxygen atoms in total. The van der Waals surface area contributed by atoms with Crippen LogP contribution in [-0.4, -0.2) is 53.3 Å². The van der Waals surface area contributed by atoms with Gasteiger partial charge in [0.05, 0.1) is 28.0 Å². The van der Waals surface area contributed by atoms with E-state index < -0.39 is 0 Å². The molecule has 8 heteroatoms. The van der Waals surface area contributed by atoms with Gasteiger partial charge < -0.3 is 10.2 Å². The Labute approximate surface area is 174 Å². The summed E-state index contributed by atoms with van der Waals surface area (Å²) < 4.78 is 0. The van der Waals surface area contributed by atoms with Crippen LogP contribution in [0, 0.1) is 12.8 Å².